The summed E-state index contributed by atoms with van der Waals surface area (Å²) in [6.07, 6.45) is -9.15. The smallest absolute Gasteiger partial charge is 0.284 e. The van der Waals surface area contributed by atoms with Crippen molar-refractivity contribution >= 4 is 39.2 Å². The van der Waals surface area contributed by atoms with Gasteiger partial charge in [0.15, 0.2) is 11.5 Å². The fraction of sp³-hybridized carbons (Fsp3) is 0.100. The Kier molecular flexibility index (Phi) is 4.84. The van der Waals surface area contributed by atoms with Gasteiger partial charge < -0.3 is 0 Å². The molecule has 0 atom stereocenters. The summed E-state index contributed by atoms with van der Waals surface area (Å²) < 4.78 is 80.7. The Hall–Kier alpha value is -3.27. The van der Waals surface area contributed by atoms with E-state index < -0.39 is 34.8 Å². The normalized spacial score (nSPS) is 12.5. The third-order valence-electron chi connectivity index (χ3n) is 4.43. The molecule has 2 aromatic heterocycles. The molecule has 31 heavy (non-hydrogen) atoms. The lowest BCUT2D eigenvalue weighted by Crippen LogP contribution is -2.23. The first-order valence-electron chi connectivity index (χ1n) is 8.51. The molecule has 4 rings (SSSR count). The van der Waals surface area contributed by atoms with Gasteiger partial charge in [-0.25, -0.2) is 9.97 Å². The van der Waals surface area contributed by atoms with E-state index in [-0.39, 0.29) is 27.8 Å². The minimum absolute atomic E-state index is 0.205. The van der Waals surface area contributed by atoms with E-state index in [1.54, 1.807) is 0 Å². The number of aromatic nitrogens is 3. The van der Waals surface area contributed by atoms with Crippen LogP contribution in [0.25, 0.3) is 33.2 Å². The summed E-state index contributed by atoms with van der Waals surface area (Å²) in [4.78, 5) is 23.5. The number of nitrogens with zero attached hydrogens (tertiary/aromatic N) is 3. The Balaban J connectivity index is 2.15. The molecular weight excluding hydrogens is 448 g/mol. The minimum atomic E-state index is -5.29. The summed E-state index contributed by atoms with van der Waals surface area (Å²) in [7, 11) is 0. The molecule has 0 amide bonds. The van der Waals surface area contributed by atoms with Crippen LogP contribution in [0.5, 0.6) is 0 Å². The molecule has 2 heterocycles. The maximum atomic E-state index is 13.8. The van der Waals surface area contributed by atoms with Crippen LogP contribution >= 0.6 is 11.6 Å². The second kappa shape index (κ2) is 7.16. The van der Waals surface area contributed by atoms with Crippen molar-refractivity contribution in [1.82, 2.24) is 15.0 Å². The Morgan fingerprint density at radius 1 is 0.871 bits per heavy atom. The number of hydrogen-bond acceptors (Lipinski definition) is 4. The van der Waals surface area contributed by atoms with Crippen molar-refractivity contribution < 1.29 is 31.1 Å². The van der Waals surface area contributed by atoms with Gasteiger partial charge in [0.25, 0.3) is 5.78 Å². The third-order valence-corrected chi connectivity index (χ3v) is 4.68. The highest BCUT2D eigenvalue weighted by Crippen LogP contribution is 2.38. The molecule has 11 heteroatoms. The van der Waals surface area contributed by atoms with Gasteiger partial charge in [-0.1, -0.05) is 17.7 Å². The molecule has 2 aromatic carbocycles. The van der Waals surface area contributed by atoms with E-state index in [0.717, 1.165) is 6.07 Å². The average molecular weight is 456 g/mol. The lowest BCUT2D eigenvalue weighted by molar-refractivity contribution is -0.139. The molecule has 158 valence electrons. The Morgan fingerprint density at radius 2 is 1.55 bits per heavy atom. The van der Waals surface area contributed by atoms with Crippen LogP contribution in [0.15, 0.2) is 48.7 Å². The molecule has 0 unspecified atom stereocenters. The molecule has 0 spiro atoms. The Labute approximate surface area is 174 Å². The molecule has 0 fully saturated rings. The zero-order valence-corrected chi connectivity index (χ0v) is 15.8. The van der Waals surface area contributed by atoms with E-state index >= 15 is 0 Å². The van der Waals surface area contributed by atoms with Crippen molar-refractivity contribution in [2.75, 3.05) is 0 Å². The molecule has 0 N–H and O–H groups in total. The minimum Gasteiger partial charge on any atom is -0.284 e. The summed E-state index contributed by atoms with van der Waals surface area (Å²) in [6, 6.07) is 8.62. The Bertz CT molecular complexity index is 1330. The second-order valence-corrected chi connectivity index (χ2v) is 6.88. The van der Waals surface area contributed by atoms with Crippen molar-refractivity contribution in [2.45, 2.75) is 12.4 Å². The van der Waals surface area contributed by atoms with Gasteiger partial charge in [0, 0.05) is 33.1 Å². The first-order chi connectivity index (χ1) is 14.5. The number of fused-ring (bicyclic) bond motifs is 3. The van der Waals surface area contributed by atoms with E-state index in [2.05, 4.69) is 15.0 Å². The van der Waals surface area contributed by atoms with Crippen LogP contribution in [0.3, 0.4) is 0 Å². The molecule has 0 aliphatic heterocycles. The molecule has 0 radical (unpaired) electrons. The van der Waals surface area contributed by atoms with Gasteiger partial charge in [-0.05, 0) is 36.4 Å². The van der Waals surface area contributed by atoms with Gasteiger partial charge in [0.05, 0.1) is 5.52 Å². The number of ketones is 1. The lowest BCUT2D eigenvalue weighted by atomic mass is 9.99. The van der Waals surface area contributed by atoms with Gasteiger partial charge in [-0.2, -0.15) is 26.3 Å². The number of alkyl halides is 6. The van der Waals surface area contributed by atoms with E-state index in [1.807, 2.05) is 0 Å². The van der Waals surface area contributed by atoms with Gasteiger partial charge in [0.2, 0.25) is 0 Å². The predicted octanol–water partition coefficient (Wildman–Crippen LogP) is 6.26. The van der Waals surface area contributed by atoms with Crippen molar-refractivity contribution in [1.29, 1.82) is 0 Å². The number of benzene rings is 2. The molecular formula is C20H8ClF6N3O. The number of pyridine rings is 1. The van der Waals surface area contributed by atoms with Crippen LogP contribution in [0.1, 0.15) is 16.1 Å². The van der Waals surface area contributed by atoms with Crippen molar-refractivity contribution in [3.63, 3.8) is 0 Å². The van der Waals surface area contributed by atoms with Gasteiger partial charge in [-0.3, -0.25) is 9.78 Å². The highest BCUT2D eigenvalue weighted by atomic mass is 35.5. The highest BCUT2D eigenvalue weighted by Gasteiger charge is 2.42. The molecule has 4 aromatic rings. The predicted molar refractivity (Wildman–Crippen MR) is 101 cm³/mol. The van der Waals surface area contributed by atoms with Gasteiger partial charge in [-0.15, -0.1) is 0 Å². The molecule has 0 bridgehead atoms. The quantitative estimate of drug-likeness (QED) is 0.203. The average Bonchev–Trinajstić information content (AvgIpc) is 2.71. The summed E-state index contributed by atoms with van der Waals surface area (Å²) in [5.74, 6) is -2.61. The fourth-order valence-corrected chi connectivity index (χ4v) is 3.23. The molecule has 0 saturated heterocycles. The van der Waals surface area contributed by atoms with E-state index in [1.165, 1.54) is 36.5 Å². The van der Waals surface area contributed by atoms with Crippen molar-refractivity contribution in [2.24, 2.45) is 0 Å². The van der Waals surface area contributed by atoms with Crippen LogP contribution in [0, 0.1) is 0 Å². The van der Waals surface area contributed by atoms with E-state index in [4.69, 9.17) is 11.6 Å². The topological polar surface area (TPSA) is 55.7 Å². The standard InChI is InChI=1S/C20H8ClF6N3O/c21-10-5-3-9(4-6-10)18-29-15-13(16(30-18)19(22,23)24)8-12(17(31)20(25,26)27)11-2-1-7-28-14(11)15/h1-8H. The lowest BCUT2D eigenvalue weighted by Gasteiger charge is -2.15. The number of rotatable bonds is 2. The largest absolute Gasteiger partial charge is 0.454 e. The van der Waals surface area contributed by atoms with Gasteiger partial charge in [0.1, 0.15) is 5.52 Å². The second-order valence-electron chi connectivity index (χ2n) is 6.45. The number of hydrogen-bond donors (Lipinski definition) is 0. The Morgan fingerprint density at radius 3 is 2.16 bits per heavy atom. The third kappa shape index (κ3) is 3.78. The maximum absolute atomic E-state index is 13.8. The number of Topliss-reactive ketones (excluding diaryl/α,β-unsaturated/α-hetero) is 1. The van der Waals surface area contributed by atoms with E-state index in [0.29, 0.717) is 11.1 Å². The summed E-state index contributed by atoms with van der Waals surface area (Å²) in [5, 5.41) is -0.696. The monoisotopic (exact) mass is 455 g/mol. The highest BCUT2D eigenvalue weighted by molar-refractivity contribution is 6.30. The summed E-state index contributed by atoms with van der Waals surface area (Å²) in [6.45, 7) is 0. The van der Waals surface area contributed by atoms with Crippen LogP contribution in [0.2, 0.25) is 5.02 Å². The SMILES string of the molecule is O=C(c1cc2c(C(F)(F)F)nc(-c3ccc(Cl)cc3)nc2c2ncccc12)C(F)(F)F. The zero-order valence-electron chi connectivity index (χ0n) is 15.0. The zero-order chi connectivity index (χ0) is 22.6. The molecule has 0 aliphatic rings. The molecule has 0 aliphatic carbocycles. The maximum Gasteiger partial charge on any atom is 0.454 e. The first-order valence-corrected chi connectivity index (χ1v) is 8.89. The first kappa shape index (κ1) is 21.0. The van der Waals surface area contributed by atoms with Gasteiger partial charge >= 0.3 is 12.4 Å². The van der Waals surface area contributed by atoms with Crippen LogP contribution in [0.4, 0.5) is 26.3 Å². The van der Waals surface area contributed by atoms with Crippen LogP contribution < -0.4 is 0 Å². The van der Waals surface area contributed by atoms with E-state index in [9.17, 15) is 31.1 Å². The summed E-state index contributed by atoms with van der Waals surface area (Å²) in [5.41, 5.74) is -2.85. The number of carbonyl (C=O) groups excluding carboxylic acids is 1. The van der Waals surface area contributed by atoms with Crippen molar-refractivity contribution in [3.05, 3.63) is 64.9 Å². The number of carbonyl (C=O) groups is 1. The summed E-state index contributed by atoms with van der Waals surface area (Å²) >= 11 is 5.81. The fourth-order valence-electron chi connectivity index (χ4n) is 3.10. The molecule has 4 nitrogen and oxygen atoms in total. The van der Waals surface area contributed by atoms with Crippen LogP contribution in [-0.4, -0.2) is 26.9 Å². The molecule has 0 saturated carbocycles. The number of halogens is 7. The van der Waals surface area contributed by atoms with Crippen LogP contribution in [-0.2, 0) is 6.18 Å². The van der Waals surface area contributed by atoms with Crippen molar-refractivity contribution in [3.8, 4) is 11.4 Å².